The normalized spacial score (nSPS) is 10.8. The fourth-order valence-corrected chi connectivity index (χ4v) is 2.86. The van der Waals surface area contributed by atoms with Gasteiger partial charge in [0.2, 0.25) is 5.95 Å². The molecule has 0 unspecified atom stereocenters. The van der Waals surface area contributed by atoms with Crippen LogP contribution in [0.25, 0.3) is 22.2 Å². The number of anilines is 1. The average molecular weight is 326 g/mol. The van der Waals surface area contributed by atoms with Gasteiger partial charge < -0.3 is 4.90 Å². The van der Waals surface area contributed by atoms with Gasteiger partial charge in [-0.2, -0.15) is 0 Å². The first kappa shape index (κ1) is 15.3. The highest BCUT2D eigenvalue weighted by Gasteiger charge is 2.12. The average Bonchev–Trinajstić information content (AvgIpc) is 2.68. The van der Waals surface area contributed by atoms with E-state index in [-0.39, 0.29) is 0 Å². The van der Waals surface area contributed by atoms with Gasteiger partial charge in [-0.05, 0) is 18.2 Å². The van der Waals surface area contributed by atoms with E-state index in [9.17, 15) is 0 Å². The summed E-state index contributed by atoms with van der Waals surface area (Å²) in [7, 11) is 1.99. The molecule has 0 aliphatic heterocycles. The van der Waals surface area contributed by atoms with Gasteiger partial charge in [0, 0.05) is 24.2 Å². The van der Waals surface area contributed by atoms with Gasteiger partial charge in [0.15, 0.2) is 0 Å². The number of para-hydroxylation sites is 1. The van der Waals surface area contributed by atoms with E-state index in [4.69, 9.17) is 9.97 Å². The van der Waals surface area contributed by atoms with Crippen LogP contribution in [0.15, 0.2) is 79.0 Å². The molecule has 0 saturated carbocycles. The molecular formula is C21H18N4. The van der Waals surface area contributed by atoms with Crippen molar-refractivity contribution in [3.05, 3.63) is 84.7 Å². The summed E-state index contributed by atoms with van der Waals surface area (Å²) in [6.07, 6.45) is 1.81. The van der Waals surface area contributed by atoms with Gasteiger partial charge >= 0.3 is 0 Å². The van der Waals surface area contributed by atoms with Crippen molar-refractivity contribution in [1.29, 1.82) is 0 Å². The van der Waals surface area contributed by atoms with Gasteiger partial charge in [-0.15, -0.1) is 0 Å². The van der Waals surface area contributed by atoms with Crippen molar-refractivity contribution >= 4 is 16.9 Å². The summed E-state index contributed by atoms with van der Waals surface area (Å²) < 4.78 is 0. The first-order chi connectivity index (χ1) is 12.3. The van der Waals surface area contributed by atoms with Crippen LogP contribution in [0.2, 0.25) is 0 Å². The zero-order valence-electron chi connectivity index (χ0n) is 14.0. The number of fused-ring (bicyclic) bond motifs is 1. The molecule has 4 heteroatoms. The molecule has 25 heavy (non-hydrogen) atoms. The fraction of sp³-hybridized carbons (Fsp3) is 0.0952. The first-order valence-corrected chi connectivity index (χ1v) is 8.24. The van der Waals surface area contributed by atoms with Crippen LogP contribution in [0.1, 0.15) is 5.69 Å². The van der Waals surface area contributed by atoms with Crippen LogP contribution in [0.5, 0.6) is 0 Å². The lowest BCUT2D eigenvalue weighted by Crippen LogP contribution is -2.20. The van der Waals surface area contributed by atoms with E-state index >= 15 is 0 Å². The molecule has 0 atom stereocenters. The lowest BCUT2D eigenvalue weighted by atomic mass is 10.1. The topological polar surface area (TPSA) is 41.9 Å². The van der Waals surface area contributed by atoms with Crippen LogP contribution >= 0.6 is 0 Å². The van der Waals surface area contributed by atoms with Gasteiger partial charge in [-0.1, -0.05) is 54.6 Å². The van der Waals surface area contributed by atoms with E-state index in [0.717, 1.165) is 27.9 Å². The summed E-state index contributed by atoms with van der Waals surface area (Å²) >= 11 is 0. The Kier molecular flexibility index (Phi) is 4.09. The third-order valence-electron chi connectivity index (χ3n) is 4.11. The second-order valence-corrected chi connectivity index (χ2v) is 5.93. The molecule has 0 radical (unpaired) electrons. The number of hydrogen-bond donors (Lipinski definition) is 0. The van der Waals surface area contributed by atoms with Gasteiger partial charge in [0.05, 0.1) is 23.4 Å². The molecule has 2 aromatic carbocycles. The number of benzene rings is 2. The van der Waals surface area contributed by atoms with E-state index in [1.54, 1.807) is 6.20 Å². The van der Waals surface area contributed by atoms with Crippen LogP contribution in [-0.4, -0.2) is 22.0 Å². The second kappa shape index (κ2) is 6.69. The Balaban J connectivity index is 1.80. The molecular weight excluding hydrogens is 308 g/mol. The van der Waals surface area contributed by atoms with Crippen LogP contribution in [0.4, 0.5) is 5.95 Å². The number of hydrogen-bond acceptors (Lipinski definition) is 4. The third kappa shape index (κ3) is 3.19. The molecule has 4 rings (SSSR count). The van der Waals surface area contributed by atoms with Crippen molar-refractivity contribution in [2.75, 3.05) is 11.9 Å². The first-order valence-electron chi connectivity index (χ1n) is 8.24. The van der Waals surface area contributed by atoms with E-state index in [1.165, 1.54) is 0 Å². The molecule has 0 fully saturated rings. The Morgan fingerprint density at radius 3 is 2.36 bits per heavy atom. The molecule has 0 aliphatic rings. The summed E-state index contributed by atoms with van der Waals surface area (Å²) in [5.41, 5.74) is 3.98. The highest BCUT2D eigenvalue weighted by Crippen LogP contribution is 2.28. The SMILES string of the molecule is CN(Cc1ccccn1)c1nc(-c2ccccc2)c2ccccc2n1. The highest BCUT2D eigenvalue weighted by atomic mass is 15.2. The molecule has 122 valence electrons. The zero-order valence-corrected chi connectivity index (χ0v) is 14.0. The van der Waals surface area contributed by atoms with E-state index in [1.807, 2.05) is 66.5 Å². The third-order valence-corrected chi connectivity index (χ3v) is 4.11. The van der Waals surface area contributed by atoms with Gasteiger partial charge in [0.1, 0.15) is 0 Å². The largest absolute Gasteiger partial charge is 0.338 e. The lowest BCUT2D eigenvalue weighted by Gasteiger charge is -2.18. The van der Waals surface area contributed by atoms with Crippen molar-refractivity contribution in [2.24, 2.45) is 0 Å². The predicted molar refractivity (Wildman–Crippen MR) is 101 cm³/mol. The Bertz CT molecular complexity index is 984. The minimum Gasteiger partial charge on any atom is -0.338 e. The smallest absolute Gasteiger partial charge is 0.226 e. The maximum absolute atomic E-state index is 4.85. The zero-order chi connectivity index (χ0) is 17.1. The molecule has 4 nitrogen and oxygen atoms in total. The second-order valence-electron chi connectivity index (χ2n) is 5.93. The summed E-state index contributed by atoms with van der Waals surface area (Å²) in [6.45, 7) is 0.660. The van der Waals surface area contributed by atoms with Crippen LogP contribution < -0.4 is 4.90 Å². The van der Waals surface area contributed by atoms with Gasteiger partial charge in [-0.25, -0.2) is 9.97 Å². The summed E-state index contributed by atoms with van der Waals surface area (Å²) in [5, 5.41) is 1.06. The molecule has 2 heterocycles. The minimum atomic E-state index is 0.660. The Hall–Kier alpha value is -3.27. The molecule has 0 aliphatic carbocycles. The Labute approximate surface area is 146 Å². The van der Waals surface area contributed by atoms with Crippen molar-refractivity contribution in [2.45, 2.75) is 6.54 Å². The maximum atomic E-state index is 4.85. The van der Waals surface area contributed by atoms with Crippen LogP contribution in [0, 0.1) is 0 Å². The highest BCUT2D eigenvalue weighted by molar-refractivity contribution is 5.93. The van der Waals surface area contributed by atoms with E-state index in [2.05, 4.69) is 23.2 Å². The molecule has 0 saturated heterocycles. The Morgan fingerprint density at radius 2 is 1.56 bits per heavy atom. The summed E-state index contributed by atoms with van der Waals surface area (Å²) in [5.74, 6) is 0.697. The molecule has 0 spiro atoms. The van der Waals surface area contributed by atoms with Gasteiger partial charge in [-0.3, -0.25) is 4.98 Å². The molecule has 0 N–H and O–H groups in total. The van der Waals surface area contributed by atoms with Crippen LogP contribution in [0.3, 0.4) is 0 Å². The maximum Gasteiger partial charge on any atom is 0.226 e. The number of rotatable bonds is 4. The molecule has 4 aromatic rings. The number of aromatic nitrogens is 3. The van der Waals surface area contributed by atoms with E-state index in [0.29, 0.717) is 12.5 Å². The quantitative estimate of drug-likeness (QED) is 0.560. The van der Waals surface area contributed by atoms with Crippen molar-refractivity contribution in [3.63, 3.8) is 0 Å². The molecule has 0 bridgehead atoms. The van der Waals surface area contributed by atoms with Crippen molar-refractivity contribution in [1.82, 2.24) is 15.0 Å². The fourth-order valence-electron chi connectivity index (χ4n) is 2.86. The van der Waals surface area contributed by atoms with Crippen molar-refractivity contribution < 1.29 is 0 Å². The minimum absolute atomic E-state index is 0.660. The van der Waals surface area contributed by atoms with E-state index < -0.39 is 0 Å². The monoisotopic (exact) mass is 326 g/mol. The van der Waals surface area contributed by atoms with Crippen LogP contribution in [-0.2, 0) is 6.54 Å². The predicted octanol–water partition coefficient (Wildman–Crippen LogP) is 4.33. The molecule has 0 amide bonds. The van der Waals surface area contributed by atoms with Crippen molar-refractivity contribution in [3.8, 4) is 11.3 Å². The summed E-state index contributed by atoms with van der Waals surface area (Å²) in [6, 6.07) is 24.3. The number of pyridine rings is 1. The molecule has 2 aromatic heterocycles. The summed E-state index contributed by atoms with van der Waals surface area (Å²) in [4.78, 5) is 16.0. The standard InChI is InChI=1S/C21H18N4/c1-25(15-17-11-7-8-14-22-17)21-23-19-13-6-5-12-18(19)20(24-21)16-9-3-2-4-10-16/h2-14H,15H2,1H3. The number of nitrogens with zero attached hydrogens (tertiary/aromatic N) is 4. The van der Waals surface area contributed by atoms with Gasteiger partial charge in [0.25, 0.3) is 0 Å². The lowest BCUT2D eigenvalue weighted by molar-refractivity contribution is 0.847. The Morgan fingerprint density at radius 1 is 0.800 bits per heavy atom.